The molecule has 214 valence electrons. The lowest BCUT2D eigenvalue weighted by atomic mass is 10.0. The lowest BCUT2D eigenvalue weighted by molar-refractivity contribution is -0.153. The lowest BCUT2D eigenvalue weighted by Crippen LogP contribution is -2.28. The van der Waals surface area contributed by atoms with E-state index in [4.69, 9.17) is 19.9 Å². The summed E-state index contributed by atoms with van der Waals surface area (Å²) in [5.74, 6) is -2.49. The van der Waals surface area contributed by atoms with Crippen molar-refractivity contribution < 1.29 is 41.0 Å². The monoisotopic (exact) mass is 565 g/mol. The zero-order valence-electron chi connectivity index (χ0n) is 21.8. The highest BCUT2D eigenvalue weighted by Gasteiger charge is 2.30. The minimum atomic E-state index is -4.65. The molecule has 3 aromatic rings. The topological polar surface area (TPSA) is 95.7 Å². The Morgan fingerprint density at radius 3 is 2.48 bits per heavy atom. The Balaban J connectivity index is 1.57. The molecular formula is C28H28F5N3O4. The summed E-state index contributed by atoms with van der Waals surface area (Å²) in [5.41, 5.74) is 6.56. The second kappa shape index (κ2) is 12.1. The quantitative estimate of drug-likeness (QED) is 0.298. The fraction of sp³-hybridized carbons (Fsp3) is 0.357. The third-order valence-corrected chi connectivity index (χ3v) is 6.18. The molecule has 40 heavy (non-hydrogen) atoms. The van der Waals surface area contributed by atoms with Crippen LogP contribution in [0.3, 0.4) is 0 Å². The van der Waals surface area contributed by atoms with Crippen LogP contribution >= 0.6 is 0 Å². The van der Waals surface area contributed by atoms with Gasteiger partial charge in [-0.2, -0.15) is 13.2 Å². The predicted molar refractivity (Wildman–Crippen MR) is 136 cm³/mol. The van der Waals surface area contributed by atoms with Crippen molar-refractivity contribution in [2.24, 2.45) is 5.73 Å². The molecule has 0 radical (unpaired) electrons. The maximum Gasteiger partial charge on any atom is 0.422 e. The second-order valence-corrected chi connectivity index (χ2v) is 9.41. The van der Waals surface area contributed by atoms with Gasteiger partial charge in [-0.05, 0) is 55.3 Å². The number of carbonyl (C=O) groups excluding carboxylic acids is 1. The van der Waals surface area contributed by atoms with Crippen molar-refractivity contribution in [1.82, 2.24) is 10.3 Å². The first-order chi connectivity index (χ1) is 19.0. The van der Waals surface area contributed by atoms with E-state index in [2.05, 4.69) is 10.3 Å². The summed E-state index contributed by atoms with van der Waals surface area (Å²) in [7, 11) is 1.48. The van der Waals surface area contributed by atoms with Crippen molar-refractivity contribution >= 4 is 5.91 Å². The van der Waals surface area contributed by atoms with Gasteiger partial charge in [-0.15, -0.1) is 0 Å². The van der Waals surface area contributed by atoms with Crippen molar-refractivity contribution in [3.8, 4) is 28.5 Å². The molecule has 1 heterocycles. The van der Waals surface area contributed by atoms with E-state index in [-0.39, 0.29) is 41.8 Å². The maximum atomic E-state index is 14.0. The van der Waals surface area contributed by atoms with Gasteiger partial charge < -0.3 is 25.3 Å². The van der Waals surface area contributed by atoms with Crippen molar-refractivity contribution in [3.63, 3.8) is 0 Å². The van der Waals surface area contributed by atoms with Crippen molar-refractivity contribution in [2.75, 3.05) is 20.3 Å². The zero-order chi connectivity index (χ0) is 29.0. The minimum absolute atomic E-state index is 0.00413. The van der Waals surface area contributed by atoms with E-state index < -0.39 is 36.2 Å². The maximum absolute atomic E-state index is 14.0. The van der Waals surface area contributed by atoms with E-state index in [0.29, 0.717) is 22.8 Å². The van der Waals surface area contributed by atoms with Crippen LogP contribution in [0, 0.1) is 11.6 Å². The van der Waals surface area contributed by atoms with Crippen LogP contribution in [0.25, 0.3) is 11.3 Å². The molecule has 1 amide bonds. The molecule has 12 heteroatoms. The largest absolute Gasteiger partial charge is 0.493 e. The van der Waals surface area contributed by atoms with Gasteiger partial charge in [0, 0.05) is 41.4 Å². The number of carbonyl (C=O) groups is 1. The Morgan fingerprint density at radius 2 is 1.85 bits per heavy atom. The molecule has 4 rings (SSSR count). The number of hydrogen-bond acceptors (Lipinski definition) is 6. The van der Waals surface area contributed by atoms with Gasteiger partial charge in [0.15, 0.2) is 35.5 Å². The number of halogens is 5. The number of hydrogen-bond donors (Lipinski definition) is 2. The number of aromatic nitrogens is 1. The number of methoxy groups -OCH3 is 1. The highest BCUT2D eigenvalue weighted by molar-refractivity contribution is 5.94. The molecule has 1 aliphatic carbocycles. The zero-order valence-corrected chi connectivity index (χ0v) is 21.8. The van der Waals surface area contributed by atoms with Crippen molar-refractivity contribution in [1.29, 1.82) is 0 Å². The fourth-order valence-electron chi connectivity index (χ4n) is 3.89. The van der Waals surface area contributed by atoms with E-state index in [1.807, 2.05) is 0 Å². The molecule has 2 aromatic carbocycles. The number of benzene rings is 2. The average Bonchev–Trinajstić information content (AvgIpc) is 3.75. The van der Waals surface area contributed by atoms with E-state index in [9.17, 15) is 26.7 Å². The normalized spacial score (nSPS) is 14.0. The Bertz CT molecular complexity index is 1380. The summed E-state index contributed by atoms with van der Waals surface area (Å²) in [4.78, 5) is 17.3. The molecule has 1 aliphatic rings. The molecule has 0 spiro atoms. The highest BCUT2D eigenvalue weighted by Crippen LogP contribution is 2.36. The number of pyridine rings is 1. The standard InChI is InChI=1S/C28H28F5N3O4/c1-15(13-35-27(37)17-4-8-23(24(11-17)38-2)40-19-5-6-19)22-10-18(12-34)26(39-14-28(31,32)33)25(36-22)16-3-7-20(29)21(30)9-16/h3-4,7-11,15,19H,5-6,12-14,34H2,1-2H3,(H,35,37). The minimum Gasteiger partial charge on any atom is -0.493 e. The molecule has 3 N–H and O–H groups in total. The smallest absolute Gasteiger partial charge is 0.422 e. The van der Waals surface area contributed by atoms with E-state index in [0.717, 1.165) is 25.0 Å². The Labute approximate surface area is 227 Å². The van der Waals surface area contributed by atoms with Crippen LogP contribution in [-0.2, 0) is 6.54 Å². The van der Waals surface area contributed by atoms with Gasteiger partial charge in [-0.25, -0.2) is 13.8 Å². The summed E-state index contributed by atoms with van der Waals surface area (Å²) in [5, 5.41) is 2.80. The molecule has 1 unspecified atom stereocenters. The molecule has 7 nitrogen and oxygen atoms in total. The average molecular weight is 566 g/mol. The first kappa shape index (κ1) is 29.1. The van der Waals surface area contributed by atoms with Gasteiger partial charge in [0.1, 0.15) is 5.69 Å². The van der Waals surface area contributed by atoms with Gasteiger partial charge in [-0.3, -0.25) is 4.79 Å². The van der Waals surface area contributed by atoms with E-state index in [1.54, 1.807) is 25.1 Å². The van der Waals surface area contributed by atoms with Crippen LogP contribution in [0.2, 0.25) is 0 Å². The Kier molecular flexibility index (Phi) is 8.77. The molecule has 0 aliphatic heterocycles. The third-order valence-electron chi connectivity index (χ3n) is 6.18. The van der Waals surface area contributed by atoms with Gasteiger partial charge >= 0.3 is 6.18 Å². The number of alkyl halides is 3. The Morgan fingerprint density at radius 1 is 1.10 bits per heavy atom. The van der Waals surface area contributed by atoms with Gasteiger partial charge in [-0.1, -0.05) is 6.92 Å². The van der Waals surface area contributed by atoms with Crippen LogP contribution in [-0.4, -0.2) is 43.4 Å². The van der Waals surface area contributed by atoms with Crippen molar-refractivity contribution in [3.05, 3.63) is 70.9 Å². The lowest BCUT2D eigenvalue weighted by Gasteiger charge is -2.20. The fourth-order valence-corrected chi connectivity index (χ4v) is 3.89. The second-order valence-electron chi connectivity index (χ2n) is 9.41. The number of nitrogens with one attached hydrogen (secondary N) is 1. The van der Waals surface area contributed by atoms with Gasteiger partial charge in [0.05, 0.1) is 13.2 Å². The molecule has 1 saturated carbocycles. The van der Waals surface area contributed by atoms with Crippen LogP contribution in [0.1, 0.15) is 47.3 Å². The van der Waals surface area contributed by atoms with Crippen molar-refractivity contribution in [2.45, 2.75) is 44.5 Å². The van der Waals surface area contributed by atoms with Crippen LogP contribution in [0.5, 0.6) is 17.2 Å². The Hall–Kier alpha value is -3.93. The molecular weight excluding hydrogens is 537 g/mol. The van der Waals surface area contributed by atoms with E-state index >= 15 is 0 Å². The van der Waals surface area contributed by atoms with Crippen LogP contribution in [0.15, 0.2) is 42.5 Å². The third kappa shape index (κ3) is 7.17. The molecule has 0 bridgehead atoms. The van der Waals surface area contributed by atoms with E-state index in [1.165, 1.54) is 19.2 Å². The first-order valence-electron chi connectivity index (χ1n) is 12.5. The predicted octanol–water partition coefficient (Wildman–Crippen LogP) is 5.51. The number of nitrogens with zero attached hydrogens (tertiary/aromatic N) is 1. The molecule has 1 aromatic heterocycles. The number of nitrogens with two attached hydrogens (primary N) is 1. The van der Waals surface area contributed by atoms with Crippen LogP contribution < -0.4 is 25.3 Å². The summed E-state index contributed by atoms with van der Waals surface area (Å²) in [6.07, 6.45) is -2.56. The van der Waals surface area contributed by atoms with Crippen LogP contribution in [0.4, 0.5) is 22.0 Å². The van der Waals surface area contributed by atoms with Gasteiger partial charge in [0.25, 0.3) is 5.91 Å². The number of rotatable bonds is 11. The summed E-state index contributed by atoms with van der Waals surface area (Å²) in [6.45, 7) is -0.00933. The molecule has 1 atom stereocenters. The molecule has 0 saturated heterocycles. The number of amides is 1. The molecule has 1 fully saturated rings. The summed E-state index contributed by atoms with van der Waals surface area (Å²) in [6, 6.07) is 9.15. The first-order valence-corrected chi connectivity index (χ1v) is 12.5. The highest BCUT2D eigenvalue weighted by atomic mass is 19.4. The number of ether oxygens (including phenoxy) is 3. The summed E-state index contributed by atoms with van der Waals surface area (Å²) >= 11 is 0. The SMILES string of the molecule is COc1cc(C(=O)NCC(C)c2cc(CN)c(OCC(F)(F)F)c(-c3ccc(F)c(F)c3)n2)ccc1OC1CC1. The van der Waals surface area contributed by atoms with Gasteiger partial charge in [0.2, 0.25) is 0 Å². The summed E-state index contributed by atoms with van der Waals surface area (Å²) < 4.78 is 82.5.